The maximum atomic E-state index is 5.88. The minimum absolute atomic E-state index is 0.0140. The van der Waals surface area contributed by atoms with Gasteiger partial charge in [-0.2, -0.15) is 0 Å². The first-order valence-corrected chi connectivity index (χ1v) is 5.37. The van der Waals surface area contributed by atoms with Crippen LogP contribution in [0, 0.1) is 0 Å². The highest BCUT2D eigenvalue weighted by atomic mass is 16.5. The van der Waals surface area contributed by atoms with Crippen LogP contribution in [0.1, 0.15) is 24.2 Å². The van der Waals surface area contributed by atoms with Crippen LogP contribution in [0.25, 0.3) is 0 Å². The number of aromatic amines is 1. The molecule has 0 aliphatic rings. The maximum Gasteiger partial charge on any atom is 0.128 e. The smallest absolute Gasteiger partial charge is 0.128 e. The summed E-state index contributed by atoms with van der Waals surface area (Å²) in [7, 11) is 0. The molecule has 2 aromatic rings. The number of ether oxygens (including phenoxy) is 1. The van der Waals surface area contributed by atoms with Crippen molar-refractivity contribution < 1.29 is 4.74 Å². The maximum absolute atomic E-state index is 5.88. The van der Waals surface area contributed by atoms with Crippen LogP contribution in [0.4, 0.5) is 0 Å². The molecule has 0 radical (unpaired) electrons. The summed E-state index contributed by atoms with van der Waals surface area (Å²) in [5.41, 5.74) is 7.97. The van der Waals surface area contributed by atoms with Crippen LogP contribution in [-0.4, -0.2) is 4.98 Å². The number of hydrogen-bond acceptors (Lipinski definition) is 2. The zero-order valence-corrected chi connectivity index (χ0v) is 9.31. The molecule has 84 valence electrons. The molecule has 3 heteroatoms. The second kappa shape index (κ2) is 4.86. The van der Waals surface area contributed by atoms with E-state index in [1.165, 1.54) is 0 Å². The molecule has 0 aliphatic heterocycles. The fourth-order valence-electron chi connectivity index (χ4n) is 1.60. The Hall–Kier alpha value is -1.74. The van der Waals surface area contributed by atoms with Crippen molar-refractivity contribution in [1.82, 2.24) is 4.98 Å². The highest BCUT2D eigenvalue weighted by Crippen LogP contribution is 2.23. The second-order valence-electron chi connectivity index (χ2n) is 3.81. The van der Waals surface area contributed by atoms with Crippen LogP contribution in [0.5, 0.6) is 5.75 Å². The molecule has 16 heavy (non-hydrogen) atoms. The number of nitrogens with one attached hydrogen (secondary N) is 1. The first kappa shape index (κ1) is 10.8. The Labute approximate surface area is 95.2 Å². The predicted octanol–water partition coefficient (Wildman–Crippen LogP) is 2.61. The summed E-state index contributed by atoms with van der Waals surface area (Å²) in [6, 6.07) is 11.8. The van der Waals surface area contributed by atoms with E-state index in [0.29, 0.717) is 6.61 Å². The highest BCUT2D eigenvalue weighted by molar-refractivity contribution is 5.35. The first-order chi connectivity index (χ1) is 7.77. The van der Waals surface area contributed by atoms with Gasteiger partial charge >= 0.3 is 0 Å². The molecule has 1 atom stereocenters. The van der Waals surface area contributed by atoms with E-state index in [1.807, 2.05) is 49.5 Å². The molecule has 0 spiro atoms. The number of aromatic nitrogens is 1. The van der Waals surface area contributed by atoms with Gasteiger partial charge in [0.2, 0.25) is 0 Å². The Balaban J connectivity index is 2.09. The van der Waals surface area contributed by atoms with E-state index in [1.54, 1.807) is 0 Å². The fraction of sp³-hybridized carbons (Fsp3) is 0.231. The molecule has 1 aromatic carbocycles. The van der Waals surface area contributed by atoms with E-state index < -0.39 is 0 Å². The van der Waals surface area contributed by atoms with Crippen LogP contribution in [-0.2, 0) is 6.61 Å². The monoisotopic (exact) mass is 216 g/mol. The van der Waals surface area contributed by atoms with Crippen molar-refractivity contribution in [2.45, 2.75) is 19.6 Å². The van der Waals surface area contributed by atoms with Gasteiger partial charge in [0.1, 0.15) is 12.4 Å². The molecule has 1 unspecified atom stereocenters. The van der Waals surface area contributed by atoms with Crippen LogP contribution >= 0.6 is 0 Å². The molecule has 0 aliphatic carbocycles. The molecular weight excluding hydrogens is 200 g/mol. The first-order valence-electron chi connectivity index (χ1n) is 5.37. The molecule has 1 heterocycles. The van der Waals surface area contributed by atoms with Gasteiger partial charge in [-0.1, -0.05) is 18.2 Å². The quantitative estimate of drug-likeness (QED) is 0.825. The zero-order valence-electron chi connectivity index (χ0n) is 9.31. The van der Waals surface area contributed by atoms with Gasteiger partial charge in [-0.05, 0) is 25.1 Å². The Morgan fingerprint density at radius 3 is 2.75 bits per heavy atom. The lowest BCUT2D eigenvalue weighted by Crippen LogP contribution is -2.08. The molecule has 3 nitrogen and oxygen atoms in total. The van der Waals surface area contributed by atoms with Crippen molar-refractivity contribution in [3.63, 3.8) is 0 Å². The van der Waals surface area contributed by atoms with Crippen molar-refractivity contribution >= 4 is 0 Å². The number of para-hydroxylation sites is 1. The number of rotatable bonds is 4. The standard InChI is InChI=1S/C13H16N2O/c1-10(14)12-6-2-3-7-13(12)16-9-11-5-4-8-15-11/h2-8,10,15H,9,14H2,1H3. The van der Waals surface area contributed by atoms with Crippen molar-refractivity contribution in [2.75, 3.05) is 0 Å². The minimum Gasteiger partial charge on any atom is -0.487 e. The molecule has 3 N–H and O–H groups in total. The minimum atomic E-state index is -0.0140. The van der Waals surface area contributed by atoms with Crippen LogP contribution in [0.2, 0.25) is 0 Å². The van der Waals surface area contributed by atoms with Gasteiger partial charge in [0.05, 0.1) is 5.69 Å². The van der Waals surface area contributed by atoms with E-state index in [4.69, 9.17) is 10.5 Å². The normalized spacial score (nSPS) is 12.4. The van der Waals surface area contributed by atoms with Gasteiger partial charge < -0.3 is 15.5 Å². The number of hydrogen-bond donors (Lipinski definition) is 2. The Bertz CT molecular complexity index is 435. The third kappa shape index (κ3) is 2.44. The second-order valence-corrected chi connectivity index (χ2v) is 3.81. The van der Waals surface area contributed by atoms with E-state index >= 15 is 0 Å². The lowest BCUT2D eigenvalue weighted by molar-refractivity contribution is 0.297. The summed E-state index contributed by atoms with van der Waals surface area (Å²) in [6.45, 7) is 2.49. The van der Waals surface area contributed by atoms with Crippen LogP contribution in [0.3, 0.4) is 0 Å². The lowest BCUT2D eigenvalue weighted by atomic mass is 10.1. The lowest BCUT2D eigenvalue weighted by Gasteiger charge is -2.13. The van der Waals surface area contributed by atoms with Crippen molar-refractivity contribution in [3.8, 4) is 5.75 Å². The average molecular weight is 216 g/mol. The molecule has 0 saturated carbocycles. The highest BCUT2D eigenvalue weighted by Gasteiger charge is 2.06. The molecule has 0 amide bonds. The van der Waals surface area contributed by atoms with Gasteiger partial charge in [0.15, 0.2) is 0 Å². The predicted molar refractivity (Wildman–Crippen MR) is 64.2 cm³/mol. The van der Waals surface area contributed by atoms with Gasteiger partial charge in [-0.3, -0.25) is 0 Å². The Morgan fingerprint density at radius 2 is 2.06 bits per heavy atom. The van der Waals surface area contributed by atoms with E-state index in [9.17, 15) is 0 Å². The third-order valence-corrected chi connectivity index (χ3v) is 2.46. The van der Waals surface area contributed by atoms with Crippen molar-refractivity contribution in [2.24, 2.45) is 5.73 Å². The van der Waals surface area contributed by atoms with Crippen LogP contribution < -0.4 is 10.5 Å². The average Bonchev–Trinajstić information content (AvgIpc) is 2.79. The van der Waals surface area contributed by atoms with Gasteiger partial charge in [-0.15, -0.1) is 0 Å². The number of H-pyrrole nitrogens is 1. The van der Waals surface area contributed by atoms with E-state index in [2.05, 4.69) is 4.98 Å². The largest absolute Gasteiger partial charge is 0.487 e. The number of benzene rings is 1. The van der Waals surface area contributed by atoms with Crippen molar-refractivity contribution in [3.05, 3.63) is 53.9 Å². The Kier molecular flexibility index (Phi) is 3.27. The van der Waals surface area contributed by atoms with Crippen LogP contribution in [0.15, 0.2) is 42.6 Å². The summed E-state index contributed by atoms with van der Waals surface area (Å²) >= 11 is 0. The van der Waals surface area contributed by atoms with Gasteiger partial charge in [-0.25, -0.2) is 0 Å². The van der Waals surface area contributed by atoms with E-state index in [0.717, 1.165) is 17.0 Å². The summed E-state index contributed by atoms with van der Waals surface area (Å²) in [5.74, 6) is 0.854. The summed E-state index contributed by atoms with van der Waals surface area (Å²) in [5, 5.41) is 0. The molecule has 0 fully saturated rings. The van der Waals surface area contributed by atoms with Gasteiger partial charge in [0.25, 0.3) is 0 Å². The SMILES string of the molecule is CC(N)c1ccccc1OCc1ccc[nH]1. The third-order valence-electron chi connectivity index (χ3n) is 2.46. The zero-order chi connectivity index (χ0) is 11.4. The molecule has 0 saturated heterocycles. The van der Waals surface area contributed by atoms with Crippen molar-refractivity contribution in [1.29, 1.82) is 0 Å². The number of nitrogens with two attached hydrogens (primary N) is 1. The van der Waals surface area contributed by atoms with E-state index in [-0.39, 0.29) is 6.04 Å². The van der Waals surface area contributed by atoms with Gasteiger partial charge in [0, 0.05) is 17.8 Å². The molecule has 2 rings (SSSR count). The topological polar surface area (TPSA) is 51.0 Å². The molecule has 1 aromatic heterocycles. The Morgan fingerprint density at radius 1 is 1.25 bits per heavy atom. The fourth-order valence-corrected chi connectivity index (χ4v) is 1.60. The summed E-state index contributed by atoms with van der Waals surface area (Å²) in [6.07, 6.45) is 1.89. The summed E-state index contributed by atoms with van der Waals surface area (Å²) < 4.78 is 5.73. The molecule has 0 bridgehead atoms. The summed E-state index contributed by atoms with van der Waals surface area (Å²) in [4.78, 5) is 3.10. The molecular formula is C13H16N2O.